The summed E-state index contributed by atoms with van der Waals surface area (Å²) in [7, 11) is 0. The van der Waals surface area contributed by atoms with Gasteiger partial charge in [-0.15, -0.1) is 0 Å². The molecule has 1 rings (SSSR count). The maximum Gasteiger partial charge on any atom is 0.338 e. The summed E-state index contributed by atoms with van der Waals surface area (Å²) in [5.41, 5.74) is 0. The summed E-state index contributed by atoms with van der Waals surface area (Å²) in [5.74, 6) is 0.179. The van der Waals surface area contributed by atoms with Crippen molar-refractivity contribution in [1.29, 1.82) is 0 Å². The van der Waals surface area contributed by atoms with Crippen LogP contribution in [0.1, 0.15) is 27.2 Å². The zero-order valence-electron chi connectivity index (χ0n) is 10.1. The molecular weight excluding hydrogens is 210 g/mol. The third-order valence-electron chi connectivity index (χ3n) is 2.04. The van der Waals surface area contributed by atoms with Crippen molar-refractivity contribution in [3.8, 4) is 0 Å². The van der Waals surface area contributed by atoms with Gasteiger partial charge in [0.25, 0.3) is 0 Å². The molecule has 1 aliphatic rings. The van der Waals surface area contributed by atoms with Gasteiger partial charge in [0.15, 0.2) is 12.2 Å². The average molecular weight is 229 g/mol. The lowest BCUT2D eigenvalue weighted by Gasteiger charge is -2.04. The molecule has 1 fully saturated rings. The summed E-state index contributed by atoms with van der Waals surface area (Å²) in [4.78, 5) is 15.6. The zero-order chi connectivity index (χ0) is 12.0. The van der Waals surface area contributed by atoms with Crippen LogP contribution in [0.3, 0.4) is 0 Å². The first kappa shape index (κ1) is 13.0. The third-order valence-corrected chi connectivity index (χ3v) is 2.04. The number of hydrogen-bond donors (Lipinski definition) is 0. The number of ether oxygens (including phenoxy) is 3. The minimum Gasteiger partial charge on any atom is -0.479 e. The van der Waals surface area contributed by atoms with Gasteiger partial charge in [0.05, 0.1) is 13.2 Å². The van der Waals surface area contributed by atoms with Gasteiger partial charge in [0.2, 0.25) is 5.90 Å². The van der Waals surface area contributed by atoms with Crippen LogP contribution in [0, 0.1) is 0 Å². The topological polar surface area (TPSA) is 60.4 Å². The Balaban J connectivity index is 2.47. The van der Waals surface area contributed by atoms with Crippen molar-refractivity contribution in [2.75, 3.05) is 19.8 Å². The lowest BCUT2D eigenvalue weighted by Crippen LogP contribution is -2.21. The summed E-state index contributed by atoms with van der Waals surface area (Å²) in [6, 6.07) is 0. The van der Waals surface area contributed by atoms with E-state index in [-0.39, 0.29) is 12.1 Å². The molecular formula is C11H19NO4. The zero-order valence-corrected chi connectivity index (χ0v) is 10.1. The van der Waals surface area contributed by atoms with Crippen molar-refractivity contribution in [3.63, 3.8) is 0 Å². The van der Waals surface area contributed by atoms with E-state index < -0.39 is 6.10 Å². The van der Waals surface area contributed by atoms with Crippen LogP contribution < -0.4 is 0 Å². The van der Waals surface area contributed by atoms with E-state index in [4.69, 9.17) is 14.2 Å². The van der Waals surface area contributed by atoms with Crippen molar-refractivity contribution in [2.24, 2.45) is 4.99 Å². The lowest BCUT2D eigenvalue weighted by molar-refractivity contribution is -0.144. The van der Waals surface area contributed by atoms with Gasteiger partial charge >= 0.3 is 5.97 Å². The van der Waals surface area contributed by atoms with Crippen molar-refractivity contribution in [3.05, 3.63) is 0 Å². The Morgan fingerprint density at radius 3 is 2.44 bits per heavy atom. The Morgan fingerprint density at radius 2 is 1.88 bits per heavy atom. The van der Waals surface area contributed by atoms with E-state index in [0.29, 0.717) is 25.7 Å². The molecule has 0 aromatic rings. The monoisotopic (exact) mass is 229 g/mol. The van der Waals surface area contributed by atoms with Gasteiger partial charge in [-0.2, -0.15) is 0 Å². The molecule has 1 heterocycles. The van der Waals surface area contributed by atoms with E-state index in [2.05, 4.69) is 4.99 Å². The molecule has 0 aromatic heterocycles. The molecule has 0 aromatic carbocycles. The SMILES string of the molecule is CCCN=C(OCC)C1OC1C(=O)OCC. The van der Waals surface area contributed by atoms with Crippen LogP contribution in [-0.2, 0) is 19.0 Å². The van der Waals surface area contributed by atoms with Crippen LogP contribution in [-0.4, -0.2) is 43.8 Å². The molecule has 0 radical (unpaired) electrons. The number of carbonyl (C=O) groups excluding carboxylic acids is 1. The normalized spacial score (nSPS) is 24.1. The molecule has 0 bridgehead atoms. The van der Waals surface area contributed by atoms with Gasteiger partial charge in [0.1, 0.15) is 0 Å². The van der Waals surface area contributed by atoms with Gasteiger partial charge in [-0.1, -0.05) is 6.92 Å². The van der Waals surface area contributed by atoms with Crippen LogP contribution in [0.15, 0.2) is 4.99 Å². The maximum absolute atomic E-state index is 11.3. The molecule has 0 saturated carbocycles. The molecule has 92 valence electrons. The van der Waals surface area contributed by atoms with Crippen molar-refractivity contribution >= 4 is 11.9 Å². The number of epoxide rings is 1. The molecule has 2 unspecified atom stereocenters. The number of rotatable bonds is 6. The molecule has 0 amide bonds. The summed E-state index contributed by atoms with van der Waals surface area (Å²) in [6.45, 7) is 7.25. The Hall–Kier alpha value is -1.10. The predicted molar refractivity (Wildman–Crippen MR) is 59.5 cm³/mol. The fourth-order valence-corrected chi connectivity index (χ4v) is 1.29. The highest BCUT2D eigenvalue weighted by molar-refractivity contribution is 5.92. The second-order valence-electron chi connectivity index (χ2n) is 3.38. The Kier molecular flexibility index (Phi) is 5.25. The second-order valence-corrected chi connectivity index (χ2v) is 3.38. The summed E-state index contributed by atoms with van der Waals surface area (Å²) >= 11 is 0. The largest absolute Gasteiger partial charge is 0.479 e. The van der Waals surface area contributed by atoms with Gasteiger partial charge in [0, 0.05) is 6.54 Å². The highest BCUT2D eigenvalue weighted by Gasteiger charge is 2.51. The van der Waals surface area contributed by atoms with Gasteiger partial charge in [-0.05, 0) is 20.3 Å². The molecule has 2 atom stereocenters. The lowest BCUT2D eigenvalue weighted by atomic mass is 10.3. The molecule has 5 heteroatoms. The van der Waals surface area contributed by atoms with Crippen LogP contribution in [0.4, 0.5) is 0 Å². The average Bonchev–Trinajstić information content (AvgIpc) is 3.04. The quantitative estimate of drug-likeness (QED) is 0.297. The first-order chi connectivity index (χ1) is 7.74. The first-order valence-electron chi connectivity index (χ1n) is 5.73. The standard InChI is InChI=1S/C11H19NO4/c1-4-7-12-10(14-5-2)8-9(16-8)11(13)15-6-3/h8-9H,4-7H2,1-3H3. The van der Waals surface area contributed by atoms with E-state index in [9.17, 15) is 4.79 Å². The van der Waals surface area contributed by atoms with E-state index in [1.807, 2.05) is 13.8 Å². The molecule has 0 aliphatic carbocycles. The summed E-state index contributed by atoms with van der Waals surface area (Å²) in [6.07, 6.45) is 0.0700. The predicted octanol–water partition coefficient (Wildman–Crippen LogP) is 1.16. The molecule has 0 N–H and O–H groups in total. The van der Waals surface area contributed by atoms with Crippen LogP contribution >= 0.6 is 0 Å². The number of esters is 1. The molecule has 5 nitrogen and oxygen atoms in total. The number of aliphatic imine (C=N–C) groups is 1. The van der Waals surface area contributed by atoms with E-state index in [1.54, 1.807) is 6.92 Å². The Morgan fingerprint density at radius 1 is 1.19 bits per heavy atom. The molecule has 1 aliphatic heterocycles. The Labute approximate surface area is 95.8 Å². The van der Waals surface area contributed by atoms with Gasteiger partial charge in [-0.3, -0.25) is 4.99 Å². The van der Waals surface area contributed by atoms with Crippen LogP contribution in [0.5, 0.6) is 0 Å². The Bertz CT molecular complexity index is 265. The molecule has 1 saturated heterocycles. The van der Waals surface area contributed by atoms with E-state index in [0.717, 1.165) is 6.42 Å². The van der Waals surface area contributed by atoms with Crippen LogP contribution in [0.2, 0.25) is 0 Å². The fourth-order valence-electron chi connectivity index (χ4n) is 1.29. The summed E-state index contributed by atoms with van der Waals surface area (Å²) in [5, 5.41) is 0. The van der Waals surface area contributed by atoms with Gasteiger partial charge < -0.3 is 14.2 Å². The van der Waals surface area contributed by atoms with Gasteiger partial charge in [-0.25, -0.2) is 4.79 Å². The van der Waals surface area contributed by atoms with Crippen molar-refractivity contribution in [1.82, 2.24) is 0 Å². The maximum atomic E-state index is 11.3. The number of nitrogens with zero attached hydrogens (tertiary/aromatic N) is 1. The highest BCUT2D eigenvalue weighted by Crippen LogP contribution is 2.25. The van der Waals surface area contributed by atoms with E-state index >= 15 is 0 Å². The van der Waals surface area contributed by atoms with E-state index in [1.165, 1.54) is 0 Å². The number of hydrogen-bond acceptors (Lipinski definition) is 5. The fraction of sp³-hybridized carbons (Fsp3) is 0.818. The third kappa shape index (κ3) is 3.48. The molecule has 16 heavy (non-hydrogen) atoms. The second kappa shape index (κ2) is 6.48. The smallest absolute Gasteiger partial charge is 0.338 e. The highest BCUT2D eigenvalue weighted by atomic mass is 16.7. The molecule has 0 spiro atoms. The first-order valence-corrected chi connectivity index (χ1v) is 5.73. The summed E-state index contributed by atoms with van der Waals surface area (Å²) < 4.78 is 15.4. The minimum absolute atomic E-state index is 0.337. The van der Waals surface area contributed by atoms with Crippen molar-refractivity contribution in [2.45, 2.75) is 39.4 Å². The minimum atomic E-state index is -0.526. The van der Waals surface area contributed by atoms with Crippen LogP contribution in [0.25, 0.3) is 0 Å². The van der Waals surface area contributed by atoms with Crippen molar-refractivity contribution < 1.29 is 19.0 Å². The number of carbonyl (C=O) groups is 1.